The van der Waals surface area contributed by atoms with Gasteiger partial charge in [0.15, 0.2) is 0 Å². The summed E-state index contributed by atoms with van der Waals surface area (Å²) in [7, 11) is 0. The predicted octanol–water partition coefficient (Wildman–Crippen LogP) is 2.16. The Kier molecular flexibility index (Phi) is 4.26. The number of nitrogens with zero attached hydrogens (tertiary/aromatic N) is 1. The summed E-state index contributed by atoms with van der Waals surface area (Å²) in [6, 6.07) is 1.54. The molecule has 1 unspecified atom stereocenters. The zero-order valence-electron chi connectivity index (χ0n) is 8.20. The number of aliphatic carboxylic acids is 1. The van der Waals surface area contributed by atoms with Crippen LogP contribution in [0.5, 0.6) is 0 Å². The third-order valence-electron chi connectivity index (χ3n) is 1.83. The van der Waals surface area contributed by atoms with Crippen molar-refractivity contribution in [2.75, 3.05) is 5.32 Å². The third-order valence-corrected chi connectivity index (χ3v) is 2.96. The van der Waals surface area contributed by atoms with Crippen molar-refractivity contribution in [3.8, 4) is 0 Å². The van der Waals surface area contributed by atoms with E-state index in [2.05, 4.69) is 26.2 Å². The SMILES string of the molecule is CC(C(=O)O)C(=O)Nc1cnc(Cl)c(Br)c1. The molecule has 0 saturated heterocycles. The number of pyridine rings is 1. The number of halogens is 2. The summed E-state index contributed by atoms with van der Waals surface area (Å²) in [5, 5.41) is 11.3. The van der Waals surface area contributed by atoms with Gasteiger partial charge < -0.3 is 10.4 Å². The van der Waals surface area contributed by atoms with Crippen LogP contribution in [0.2, 0.25) is 5.15 Å². The number of carboxylic acid groups (broad SMARTS) is 1. The van der Waals surface area contributed by atoms with Crippen LogP contribution in [-0.2, 0) is 9.59 Å². The molecule has 0 aliphatic rings. The Bertz CT molecular complexity index is 439. The lowest BCUT2D eigenvalue weighted by Gasteiger charge is -2.08. The van der Waals surface area contributed by atoms with Crippen molar-refractivity contribution in [3.05, 3.63) is 21.9 Å². The number of carboxylic acids is 1. The molecule has 1 aromatic heterocycles. The van der Waals surface area contributed by atoms with Crippen LogP contribution >= 0.6 is 27.5 Å². The van der Waals surface area contributed by atoms with Crippen LogP contribution in [0.15, 0.2) is 16.7 Å². The fourth-order valence-corrected chi connectivity index (χ4v) is 1.30. The molecule has 1 amide bonds. The van der Waals surface area contributed by atoms with E-state index >= 15 is 0 Å². The second-order valence-corrected chi connectivity index (χ2v) is 4.26. The van der Waals surface area contributed by atoms with Gasteiger partial charge in [-0.2, -0.15) is 0 Å². The molecule has 0 aliphatic carbocycles. The first-order valence-electron chi connectivity index (χ1n) is 4.26. The summed E-state index contributed by atoms with van der Waals surface area (Å²) in [6.07, 6.45) is 1.35. The van der Waals surface area contributed by atoms with Crippen LogP contribution in [0.25, 0.3) is 0 Å². The third kappa shape index (κ3) is 3.18. The largest absolute Gasteiger partial charge is 0.481 e. The highest BCUT2D eigenvalue weighted by atomic mass is 79.9. The van der Waals surface area contributed by atoms with E-state index in [1.54, 1.807) is 6.07 Å². The lowest BCUT2D eigenvalue weighted by Crippen LogP contribution is -2.26. The molecule has 86 valence electrons. The smallest absolute Gasteiger partial charge is 0.315 e. The fourth-order valence-electron chi connectivity index (χ4n) is 0.852. The van der Waals surface area contributed by atoms with Crippen molar-refractivity contribution in [2.45, 2.75) is 6.92 Å². The standard InChI is InChI=1S/C9H8BrClN2O3/c1-4(9(15)16)8(14)13-5-2-6(10)7(11)12-3-5/h2-4H,1H3,(H,13,14)(H,15,16). The van der Waals surface area contributed by atoms with Gasteiger partial charge in [0, 0.05) is 0 Å². The van der Waals surface area contributed by atoms with Gasteiger partial charge in [-0.05, 0) is 28.9 Å². The van der Waals surface area contributed by atoms with Gasteiger partial charge in [-0.25, -0.2) is 4.98 Å². The molecule has 1 aromatic rings. The van der Waals surface area contributed by atoms with Crippen LogP contribution in [0.4, 0.5) is 5.69 Å². The molecule has 0 radical (unpaired) electrons. The first kappa shape index (κ1) is 12.9. The van der Waals surface area contributed by atoms with E-state index in [1.165, 1.54) is 13.1 Å². The highest BCUT2D eigenvalue weighted by Gasteiger charge is 2.20. The van der Waals surface area contributed by atoms with Crippen molar-refractivity contribution >= 4 is 45.1 Å². The van der Waals surface area contributed by atoms with Crippen LogP contribution in [0.3, 0.4) is 0 Å². The minimum Gasteiger partial charge on any atom is -0.481 e. The van der Waals surface area contributed by atoms with Gasteiger partial charge >= 0.3 is 5.97 Å². The van der Waals surface area contributed by atoms with Crippen LogP contribution in [0, 0.1) is 5.92 Å². The lowest BCUT2D eigenvalue weighted by molar-refractivity contribution is -0.144. The Morgan fingerprint density at radius 2 is 2.25 bits per heavy atom. The molecule has 0 bridgehead atoms. The van der Waals surface area contributed by atoms with E-state index in [9.17, 15) is 9.59 Å². The molecule has 16 heavy (non-hydrogen) atoms. The van der Waals surface area contributed by atoms with E-state index in [4.69, 9.17) is 16.7 Å². The van der Waals surface area contributed by atoms with Crippen molar-refractivity contribution in [1.82, 2.24) is 4.98 Å². The number of anilines is 1. The summed E-state index contributed by atoms with van der Waals surface area (Å²) in [5.41, 5.74) is 0.384. The number of nitrogens with one attached hydrogen (secondary N) is 1. The lowest BCUT2D eigenvalue weighted by atomic mass is 10.1. The molecule has 1 atom stereocenters. The average Bonchev–Trinajstić information content (AvgIpc) is 2.22. The van der Waals surface area contributed by atoms with Crippen molar-refractivity contribution in [1.29, 1.82) is 0 Å². The number of aromatic nitrogens is 1. The molecule has 7 heteroatoms. The molecular formula is C9H8BrClN2O3. The molecule has 0 fully saturated rings. The topological polar surface area (TPSA) is 79.3 Å². The first-order valence-corrected chi connectivity index (χ1v) is 5.43. The average molecular weight is 308 g/mol. The van der Waals surface area contributed by atoms with Crippen molar-refractivity contribution < 1.29 is 14.7 Å². The minimum atomic E-state index is -1.18. The Hall–Kier alpha value is -1.14. The molecule has 0 saturated carbocycles. The van der Waals surface area contributed by atoms with Gasteiger partial charge in [0.1, 0.15) is 11.1 Å². The van der Waals surface area contributed by atoms with E-state index in [-0.39, 0.29) is 5.15 Å². The summed E-state index contributed by atoms with van der Waals surface area (Å²) in [4.78, 5) is 25.7. The highest BCUT2D eigenvalue weighted by molar-refractivity contribution is 9.10. The maximum absolute atomic E-state index is 11.4. The predicted molar refractivity (Wildman–Crippen MR) is 62.4 cm³/mol. The van der Waals surface area contributed by atoms with Gasteiger partial charge in [0.05, 0.1) is 16.4 Å². The Balaban J connectivity index is 2.77. The zero-order valence-corrected chi connectivity index (χ0v) is 10.5. The number of hydrogen-bond donors (Lipinski definition) is 2. The van der Waals surface area contributed by atoms with E-state index in [0.717, 1.165) is 0 Å². The van der Waals surface area contributed by atoms with Crippen molar-refractivity contribution in [2.24, 2.45) is 5.92 Å². The van der Waals surface area contributed by atoms with Gasteiger partial charge in [-0.1, -0.05) is 11.6 Å². The summed E-state index contributed by atoms with van der Waals surface area (Å²) >= 11 is 8.81. The molecule has 1 rings (SSSR count). The first-order chi connectivity index (χ1) is 7.41. The van der Waals surface area contributed by atoms with Crippen LogP contribution in [-0.4, -0.2) is 22.0 Å². The van der Waals surface area contributed by atoms with E-state index in [1.807, 2.05) is 0 Å². The van der Waals surface area contributed by atoms with Gasteiger partial charge in [-0.15, -0.1) is 0 Å². The summed E-state index contributed by atoms with van der Waals surface area (Å²) < 4.78 is 0.523. The maximum atomic E-state index is 11.4. The van der Waals surface area contributed by atoms with Gasteiger partial charge in [0.25, 0.3) is 0 Å². The van der Waals surface area contributed by atoms with Crippen molar-refractivity contribution in [3.63, 3.8) is 0 Å². The second kappa shape index (κ2) is 5.27. The molecule has 1 heterocycles. The number of carbonyl (C=O) groups excluding carboxylic acids is 1. The number of amides is 1. The molecule has 5 nitrogen and oxygen atoms in total. The Morgan fingerprint density at radius 1 is 1.62 bits per heavy atom. The highest BCUT2D eigenvalue weighted by Crippen LogP contribution is 2.23. The molecule has 0 aliphatic heterocycles. The summed E-state index contributed by atoms with van der Waals surface area (Å²) in [5.74, 6) is -2.91. The van der Waals surface area contributed by atoms with E-state index in [0.29, 0.717) is 10.2 Å². The number of carbonyl (C=O) groups is 2. The zero-order chi connectivity index (χ0) is 12.3. The minimum absolute atomic E-state index is 0.268. The number of hydrogen-bond acceptors (Lipinski definition) is 3. The monoisotopic (exact) mass is 306 g/mol. The Morgan fingerprint density at radius 3 is 2.75 bits per heavy atom. The second-order valence-electron chi connectivity index (χ2n) is 3.05. The molecule has 0 spiro atoms. The fraction of sp³-hybridized carbons (Fsp3) is 0.222. The Labute approximate surface area is 105 Å². The summed E-state index contributed by atoms with van der Waals surface area (Å²) in [6.45, 7) is 1.30. The van der Waals surface area contributed by atoms with Crippen LogP contribution < -0.4 is 5.32 Å². The quantitative estimate of drug-likeness (QED) is 0.662. The van der Waals surface area contributed by atoms with Gasteiger partial charge in [-0.3, -0.25) is 9.59 Å². The molecule has 2 N–H and O–H groups in total. The molecular weight excluding hydrogens is 299 g/mol. The normalized spacial score (nSPS) is 11.9. The van der Waals surface area contributed by atoms with E-state index < -0.39 is 17.8 Å². The number of rotatable bonds is 3. The maximum Gasteiger partial charge on any atom is 0.315 e. The van der Waals surface area contributed by atoms with Crippen LogP contribution in [0.1, 0.15) is 6.92 Å². The molecule has 0 aromatic carbocycles. The van der Waals surface area contributed by atoms with Gasteiger partial charge in [0.2, 0.25) is 5.91 Å².